The highest BCUT2D eigenvalue weighted by Gasteiger charge is 2.45. The molecule has 0 radical (unpaired) electrons. The Kier molecular flexibility index (Phi) is 4.43. The highest BCUT2D eigenvalue weighted by Crippen LogP contribution is 2.31. The van der Waals surface area contributed by atoms with Gasteiger partial charge in [-0.1, -0.05) is 0 Å². The number of hydrogen-bond donors (Lipinski definition) is 2. The van der Waals surface area contributed by atoms with Gasteiger partial charge in [0.2, 0.25) is 0 Å². The Hall–Kier alpha value is -2.90. The Morgan fingerprint density at radius 3 is 2.60 bits per heavy atom. The first kappa shape index (κ1) is 16.9. The van der Waals surface area contributed by atoms with Crippen LogP contribution in [-0.4, -0.2) is 56.8 Å². The summed E-state index contributed by atoms with van der Waals surface area (Å²) in [5.41, 5.74) is 0.354. The molecule has 2 aromatic rings. The molecule has 3 rings (SSSR count). The van der Waals surface area contributed by atoms with Crippen LogP contribution < -0.4 is 5.32 Å². The lowest BCUT2D eigenvalue weighted by atomic mass is 9.87. The second-order valence-corrected chi connectivity index (χ2v) is 6.27. The Balaban J connectivity index is 1.77. The fourth-order valence-corrected chi connectivity index (χ4v) is 3.15. The number of rotatable bonds is 4. The van der Waals surface area contributed by atoms with Gasteiger partial charge >= 0.3 is 5.97 Å². The maximum atomic E-state index is 12.7. The predicted molar refractivity (Wildman–Crippen MR) is 91.5 cm³/mol. The van der Waals surface area contributed by atoms with Crippen molar-refractivity contribution >= 4 is 17.7 Å². The van der Waals surface area contributed by atoms with Crippen molar-refractivity contribution in [2.24, 2.45) is 0 Å². The van der Waals surface area contributed by atoms with Crippen LogP contribution in [0.1, 0.15) is 28.8 Å². The van der Waals surface area contributed by atoms with Crippen LogP contribution in [0.25, 0.3) is 0 Å². The molecule has 132 valence electrons. The molecule has 1 amide bonds. The molecule has 8 nitrogen and oxygen atoms in total. The number of aromatic nitrogens is 3. The van der Waals surface area contributed by atoms with Gasteiger partial charge < -0.3 is 15.3 Å². The number of aliphatic carboxylic acids is 1. The normalized spacial score (nSPS) is 16.5. The highest BCUT2D eigenvalue weighted by atomic mass is 16.4. The quantitative estimate of drug-likeness (QED) is 0.869. The summed E-state index contributed by atoms with van der Waals surface area (Å²) in [6.07, 6.45) is 5.61. The summed E-state index contributed by atoms with van der Waals surface area (Å²) in [5, 5.41) is 16.9. The van der Waals surface area contributed by atoms with Gasteiger partial charge in [0.1, 0.15) is 5.82 Å². The maximum absolute atomic E-state index is 12.7. The van der Waals surface area contributed by atoms with Gasteiger partial charge in [0, 0.05) is 50.9 Å². The largest absolute Gasteiger partial charge is 0.479 e. The minimum Gasteiger partial charge on any atom is -0.479 e. The van der Waals surface area contributed by atoms with E-state index in [1.54, 1.807) is 42.7 Å². The molecule has 0 unspecified atom stereocenters. The van der Waals surface area contributed by atoms with Crippen molar-refractivity contribution in [2.75, 3.05) is 25.5 Å². The fourth-order valence-electron chi connectivity index (χ4n) is 3.15. The second-order valence-electron chi connectivity index (χ2n) is 6.27. The lowest BCUT2D eigenvalue weighted by molar-refractivity contribution is -0.150. The summed E-state index contributed by atoms with van der Waals surface area (Å²) in [7, 11) is 1.74. The van der Waals surface area contributed by atoms with Gasteiger partial charge in [-0.2, -0.15) is 5.10 Å². The first-order chi connectivity index (χ1) is 12.0. The molecule has 8 heteroatoms. The number of carbonyl (C=O) groups is 2. The third kappa shape index (κ3) is 3.07. The third-order valence-corrected chi connectivity index (χ3v) is 4.69. The molecule has 0 aromatic carbocycles. The minimum atomic E-state index is -1.10. The monoisotopic (exact) mass is 343 g/mol. The van der Waals surface area contributed by atoms with E-state index >= 15 is 0 Å². The van der Waals surface area contributed by atoms with Crippen LogP contribution in [0.3, 0.4) is 0 Å². The molecule has 2 N–H and O–H groups in total. The molecule has 1 saturated heterocycles. The number of carboxylic acids is 1. The lowest BCUT2D eigenvalue weighted by Gasteiger charge is -2.39. The second kappa shape index (κ2) is 6.54. The van der Waals surface area contributed by atoms with Gasteiger partial charge in [0.25, 0.3) is 5.91 Å². The number of hydrogen-bond acceptors (Lipinski definition) is 5. The maximum Gasteiger partial charge on any atom is 0.331 e. The van der Waals surface area contributed by atoms with Crippen molar-refractivity contribution in [3.8, 4) is 0 Å². The van der Waals surface area contributed by atoms with Crippen LogP contribution in [0.5, 0.6) is 0 Å². The Morgan fingerprint density at radius 1 is 1.32 bits per heavy atom. The van der Waals surface area contributed by atoms with Crippen molar-refractivity contribution in [3.63, 3.8) is 0 Å². The van der Waals surface area contributed by atoms with E-state index in [0.29, 0.717) is 37.3 Å². The molecule has 0 bridgehead atoms. The van der Waals surface area contributed by atoms with Gasteiger partial charge in [-0.25, -0.2) is 9.78 Å². The molecular weight excluding hydrogens is 322 g/mol. The SMILES string of the molecule is CNc1cc(C(=O)N2CCC(C(=O)O)(n3cc(C)cn3)CC2)ccn1. The molecule has 0 saturated carbocycles. The van der Waals surface area contributed by atoms with E-state index < -0.39 is 11.5 Å². The van der Waals surface area contributed by atoms with E-state index in [0.717, 1.165) is 5.56 Å². The molecule has 25 heavy (non-hydrogen) atoms. The summed E-state index contributed by atoms with van der Waals surface area (Å²) < 4.78 is 1.53. The highest BCUT2D eigenvalue weighted by molar-refractivity contribution is 5.95. The van der Waals surface area contributed by atoms with Gasteiger partial charge in [0.05, 0.1) is 6.20 Å². The van der Waals surface area contributed by atoms with E-state index in [4.69, 9.17) is 0 Å². The Bertz CT molecular complexity index is 793. The van der Waals surface area contributed by atoms with Gasteiger partial charge in [-0.05, 0) is 24.6 Å². The first-order valence-corrected chi connectivity index (χ1v) is 8.14. The van der Waals surface area contributed by atoms with Crippen molar-refractivity contribution in [2.45, 2.75) is 25.3 Å². The number of anilines is 1. The number of pyridine rings is 1. The summed E-state index contributed by atoms with van der Waals surface area (Å²) in [6.45, 7) is 2.60. The molecule has 1 aliphatic rings. The van der Waals surface area contributed by atoms with Gasteiger partial charge in [-0.15, -0.1) is 0 Å². The molecule has 1 aliphatic heterocycles. The Labute approximate surface area is 145 Å². The van der Waals surface area contributed by atoms with E-state index in [9.17, 15) is 14.7 Å². The van der Waals surface area contributed by atoms with Gasteiger partial charge in [-0.3, -0.25) is 9.48 Å². The molecular formula is C17H21N5O3. The Morgan fingerprint density at radius 2 is 2.04 bits per heavy atom. The molecule has 3 heterocycles. The van der Waals surface area contributed by atoms with Crippen molar-refractivity contribution in [3.05, 3.63) is 41.9 Å². The van der Waals surface area contributed by atoms with E-state index in [1.165, 1.54) is 4.68 Å². The summed E-state index contributed by atoms with van der Waals surface area (Å²) in [5.74, 6) is -0.409. The number of carbonyl (C=O) groups excluding carboxylic acids is 1. The molecule has 1 fully saturated rings. The third-order valence-electron chi connectivity index (χ3n) is 4.69. The molecule has 0 aliphatic carbocycles. The van der Waals surface area contributed by atoms with E-state index in [2.05, 4.69) is 15.4 Å². The lowest BCUT2D eigenvalue weighted by Crippen LogP contribution is -2.52. The van der Waals surface area contributed by atoms with Crippen molar-refractivity contribution in [1.29, 1.82) is 0 Å². The summed E-state index contributed by atoms with van der Waals surface area (Å²) in [4.78, 5) is 30.4. The molecule has 2 aromatic heterocycles. The first-order valence-electron chi connectivity index (χ1n) is 8.14. The van der Waals surface area contributed by atoms with Crippen LogP contribution in [-0.2, 0) is 10.3 Å². The number of amides is 1. The fraction of sp³-hybridized carbons (Fsp3) is 0.412. The summed E-state index contributed by atoms with van der Waals surface area (Å²) in [6, 6.07) is 3.36. The molecule has 0 spiro atoms. The zero-order valence-corrected chi connectivity index (χ0v) is 14.3. The van der Waals surface area contributed by atoms with Crippen LogP contribution in [0.4, 0.5) is 5.82 Å². The number of aryl methyl sites for hydroxylation is 1. The minimum absolute atomic E-state index is 0.116. The molecule has 0 atom stereocenters. The number of likely N-dealkylation sites (tertiary alicyclic amines) is 1. The van der Waals surface area contributed by atoms with E-state index in [-0.39, 0.29) is 5.91 Å². The van der Waals surface area contributed by atoms with Crippen molar-refractivity contribution < 1.29 is 14.7 Å². The zero-order valence-electron chi connectivity index (χ0n) is 14.3. The van der Waals surface area contributed by atoms with Gasteiger partial charge in [0.15, 0.2) is 5.54 Å². The number of carboxylic acid groups (broad SMARTS) is 1. The average molecular weight is 343 g/mol. The van der Waals surface area contributed by atoms with Crippen LogP contribution >= 0.6 is 0 Å². The average Bonchev–Trinajstić information content (AvgIpc) is 3.08. The standard InChI is InChI=1S/C17H21N5O3/c1-12-10-20-22(11-12)17(16(24)25)4-7-21(8-5-17)15(23)13-3-6-19-14(9-13)18-2/h3,6,9-11H,4-5,7-8H2,1-2H3,(H,18,19)(H,24,25). The smallest absolute Gasteiger partial charge is 0.331 e. The predicted octanol–water partition coefficient (Wildman–Crippen LogP) is 1.34. The number of piperidine rings is 1. The topological polar surface area (TPSA) is 100 Å². The number of nitrogens with zero attached hydrogens (tertiary/aromatic N) is 4. The van der Waals surface area contributed by atoms with Crippen LogP contribution in [0.2, 0.25) is 0 Å². The van der Waals surface area contributed by atoms with Crippen LogP contribution in [0, 0.1) is 6.92 Å². The van der Waals surface area contributed by atoms with Crippen LogP contribution in [0.15, 0.2) is 30.7 Å². The zero-order chi connectivity index (χ0) is 18.0. The van der Waals surface area contributed by atoms with E-state index in [1.807, 2.05) is 6.92 Å². The number of nitrogens with one attached hydrogen (secondary N) is 1. The summed E-state index contributed by atoms with van der Waals surface area (Å²) >= 11 is 0. The van der Waals surface area contributed by atoms with Crippen molar-refractivity contribution in [1.82, 2.24) is 19.7 Å².